The van der Waals surface area contributed by atoms with Crippen LogP contribution in [0, 0.1) is 21.7 Å². The average Bonchev–Trinajstić information content (AvgIpc) is 3.10. The molecule has 1 amide bonds. The Labute approximate surface area is 196 Å². The summed E-state index contributed by atoms with van der Waals surface area (Å²) in [5.41, 5.74) is -1.03. The van der Waals surface area contributed by atoms with Crippen LogP contribution in [0.4, 0.5) is 20.2 Å². The number of ether oxygens (including phenoxy) is 1. The van der Waals surface area contributed by atoms with Gasteiger partial charge in [0.1, 0.15) is 5.76 Å². The van der Waals surface area contributed by atoms with E-state index in [4.69, 9.17) is 4.74 Å². The van der Waals surface area contributed by atoms with Crippen molar-refractivity contribution in [2.24, 2.45) is 0 Å². The quantitative estimate of drug-likeness (QED) is 0.183. The number of nitro groups is 1. The number of carbonyl (C=O) groups is 2. The third-order valence-electron chi connectivity index (χ3n) is 5.47. The molecule has 2 N–H and O–H groups in total. The lowest BCUT2D eigenvalue weighted by Crippen LogP contribution is -2.29. The second-order valence-corrected chi connectivity index (χ2v) is 7.51. The molecule has 0 spiro atoms. The number of rotatable bonds is 5. The molecule has 1 aliphatic heterocycles. The summed E-state index contributed by atoms with van der Waals surface area (Å²) in [6.07, 6.45) is 0. The van der Waals surface area contributed by atoms with E-state index in [9.17, 15) is 38.7 Å². The molecule has 3 aromatic carbocycles. The van der Waals surface area contributed by atoms with Gasteiger partial charge in [-0.1, -0.05) is 18.2 Å². The molecule has 0 radical (unpaired) electrons. The van der Waals surface area contributed by atoms with Crippen molar-refractivity contribution in [3.8, 4) is 11.5 Å². The number of aliphatic hydroxyl groups excluding tert-OH is 1. The highest BCUT2D eigenvalue weighted by Gasteiger charge is 2.47. The summed E-state index contributed by atoms with van der Waals surface area (Å²) in [6, 6.07) is 9.89. The summed E-state index contributed by atoms with van der Waals surface area (Å²) in [5.74, 6) is -5.78. The van der Waals surface area contributed by atoms with Gasteiger partial charge in [0.15, 0.2) is 23.1 Å². The molecule has 4 rings (SSSR count). The Morgan fingerprint density at radius 3 is 2.43 bits per heavy atom. The number of hydrogen-bond donors (Lipinski definition) is 2. The lowest BCUT2D eigenvalue weighted by atomic mass is 9.94. The van der Waals surface area contributed by atoms with Crippen LogP contribution in [-0.4, -0.2) is 33.9 Å². The molecule has 11 heteroatoms. The number of halogens is 2. The van der Waals surface area contributed by atoms with Gasteiger partial charge in [0.2, 0.25) is 0 Å². The third-order valence-corrected chi connectivity index (χ3v) is 5.47. The minimum Gasteiger partial charge on any atom is -0.507 e. The number of nitro benzene ring substituents is 1. The van der Waals surface area contributed by atoms with Crippen molar-refractivity contribution < 1.29 is 38.2 Å². The van der Waals surface area contributed by atoms with Gasteiger partial charge in [0.05, 0.1) is 23.6 Å². The lowest BCUT2D eigenvalue weighted by molar-refractivity contribution is -0.384. The maximum absolute atomic E-state index is 14.0. The van der Waals surface area contributed by atoms with E-state index in [2.05, 4.69) is 0 Å². The van der Waals surface area contributed by atoms with Crippen molar-refractivity contribution in [2.45, 2.75) is 6.04 Å². The Bertz CT molecular complexity index is 1420. The number of amides is 1. The van der Waals surface area contributed by atoms with Crippen molar-refractivity contribution in [1.29, 1.82) is 0 Å². The van der Waals surface area contributed by atoms with Crippen LogP contribution in [0.3, 0.4) is 0 Å². The van der Waals surface area contributed by atoms with Gasteiger partial charge in [-0.2, -0.15) is 0 Å². The van der Waals surface area contributed by atoms with Crippen LogP contribution in [-0.2, 0) is 9.59 Å². The first-order chi connectivity index (χ1) is 16.6. The Morgan fingerprint density at radius 2 is 1.80 bits per heavy atom. The number of phenols is 1. The molecule has 1 fully saturated rings. The van der Waals surface area contributed by atoms with Gasteiger partial charge < -0.3 is 14.9 Å². The van der Waals surface area contributed by atoms with Crippen molar-refractivity contribution in [3.63, 3.8) is 0 Å². The van der Waals surface area contributed by atoms with Crippen LogP contribution < -0.4 is 9.64 Å². The number of anilines is 1. The van der Waals surface area contributed by atoms with Crippen LogP contribution in [0.25, 0.3) is 5.76 Å². The smallest absolute Gasteiger partial charge is 0.300 e. The predicted octanol–water partition coefficient (Wildman–Crippen LogP) is 4.21. The molecule has 1 unspecified atom stereocenters. The highest BCUT2D eigenvalue weighted by Crippen LogP contribution is 2.44. The number of Topliss-reactive ketones (excluding diaryl/α,β-unsaturated/α-hetero) is 1. The summed E-state index contributed by atoms with van der Waals surface area (Å²) in [4.78, 5) is 37.4. The molecule has 1 saturated heterocycles. The van der Waals surface area contributed by atoms with Crippen molar-refractivity contribution in [2.75, 3.05) is 12.0 Å². The second-order valence-electron chi connectivity index (χ2n) is 7.51. The number of benzene rings is 3. The topological polar surface area (TPSA) is 130 Å². The third kappa shape index (κ3) is 4.03. The van der Waals surface area contributed by atoms with Gasteiger partial charge >= 0.3 is 0 Å². The van der Waals surface area contributed by atoms with E-state index in [-0.39, 0.29) is 34.0 Å². The first-order valence-corrected chi connectivity index (χ1v) is 10.0. The molecule has 0 aliphatic carbocycles. The molecule has 1 atom stereocenters. The largest absolute Gasteiger partial charge is 0.507 e. The zero-order valence-electron chi connectivity index (χ0n) is 17.9. The fourth-order valence-corrected chi connectivity index (χ4v) is 3.85. The fraction of sp³-hybridized carbons (Fsp3) is 0.0833. The Hall–Kier alpha value is -4.80. The average molecular weight is 482 g/mol. The number of ketones is 1. The Kier molecular flexibility index (Phi) is 5.91. The van der Waals surface area contributed by atoms with E-state index >= 15 is 0 Å². The number of aliphatic hydroxyl groups is 1. The van der Waals surface area contributed by atoms with Crippen LogP contribution in [0.5, 0.6) is 11.5 Å². The first-order valence-electron chi connectivity index (χ1n) is 10.0. The number of phenolic OH excluding ortho intramolecular Hbond substituents is 1. The van der Waals surface area contributed by atoms with Crippen molar-refractivity contribution in [3.05, 3.63) is 99.1 Å². The van der Waals surface area contributed by atoms with Crippen molar-refractivity contribution in [1.82, 2.24) is 0 Å². The van der Waals surface area contributed by atoms with Gasteiger partial charge in [-0.05, 0) is 29.8 Å². The monoisotopic (exact) mass is 482 g/mol. The lowest BCUT2D eigenvalue weighted by Gasteiger charge is -2.26. The molecule has 0 aromatic heterocycles. The molecule has 0 saturated carbocycles. The van der Waals surface area contributed by atoms with E-state index in [1.807, 2.05) is 0 Å². The number of nitrogens with zero attached hydrogens (tertiary/aromatic N) is 2. The van der Waals surface area contributed by atoms with Gasteiger partial charge in [-0.3, -0.25) is 24.6 Å². The zero-order valence-corrected chi connectivity index (χ0v) is 17.9. The summed E-state index contributed by atoms with van der Waals surface area (Å²) >= 11 is 0. The van der Waals surface area contributed by atoms with Gasteiger partial charge in [-0.15, -0.1) is 0 Å². The first kappa shape index (κ1) is 23.4. The van der Waals surface area contributed by atoms with Crippen LogP contribution in [0.2, 0.25) is 0 Å². The van der Waals surface area contributed by atoms with E-state index in [0.717, 1.165) is 23.1 Å². The number of non-ortho nitro benzene ring substituents is 1. The van der Waals surface area contributed by atoms with Crippen molar-refractivity contribution >= 4 is 28.8 Å². The zero-order chi connectivity index (χ0) is 25.4. The highest BCUT2D eigenvalue weighted by atomic mass is 19.2. The number of hydrogen-bond acceptors (Lipinski definition) is 7. The maximum Gasteiger partial charge on any atom is 0.300 e. The molecule has 0 bridgehead atoms. The standard InChI is InChI=1S/C24H16F2N2O7/c1-35-19-8-5-12(10-18(19)29)21-20(22(30)13-3-2-4-15(9-13)28(33)34)23(31)24(32)27(21)14-6-7-16(25)17(26)11-14/h2-11,21,29-30H,1H3/b22-20+. The molecule has 1 aliphatic rings. The van der Waals surface area contributed by atoms with E-state index < -0.39 is 45.6 Å². The predicted molar refractivity (Wildman–Crippen MR) is 119 cm³/mol. The van der Waals surface area contributed by atoms with E-state index in [0.29, 0.717) is 6.07 Å². The van der Waals surface area contributed by atoms with E-state index in [1.54, 1.807) is 0 Å². The summed E-state index contributed by atoms with van der Waals surface area (Å²) < 4.78 is 32.6. The Morgan fingerprint density at radius 1 is 1.06 bits per heavy atom. The maximum atomic E-state index is 14.0. The highest BCUT2D eigenvalue weighted by molar-refractivity contribution is 6.51. The molecule has 9 nitrogen and oxygen atoms in total. The van der Waals surface area contributed by atoms with Gasteiger partial charge in [0.25, 0.3) is 17.4 Å². The SMILES string of the molecule is COc1ccc(C2/C(=C(\O)c3cccc([N+](=O)[O-])c3)C(=O)C(=O)N2c2ccc(F)c(F)c2)cc1O. The number of aromatic hydroxyl groups is 1. The van der Waals surface area contributed by atoms with Crippen LogP contribution in [0.1, 0.15) is 17.2 Å². The molecular weight excluding hydrogens is 466 g/mol. The summed E-state index contributed by atoms with van der Waals surface area (Å²) in [6.45, 7) is 0. The molecule has 35 heavy (non-hydrogen) atoms. The summed E-state index contributed by atoms with van der Waals surface area (Å²) in [5, 5.41) is 32.5. The Balaban J connectivity index is 1.98. The minimum absolute atomic E-state index is 0.0808. The van der Waals surface area contributed by atoms with Crippen LogP contribution >= 0.6 is 0 Å². The van der Waals surface area contributed by atoms with Gasteiger partial charge in [-0.25, -0.2) is 8.78 Å². The minimum atomic E-state index is -1.39. The number of methoxy groups -OCH3 is 1. The molecular formula is C24H16F2N2O7. The fourth-order valence-electron chi connectivity index (χ4n) is 3.85. The molecule has 1 heterocycles. The van der Waals surface area contributed by atoms with Crippen LogP contribution in [0.15, 0.2) is 66.2 Å². The molecule has 178 valence electrons. The second kappa shape index (κ2) is 8.86. The van der Waals surface area contributed by atoms with E-state index in [1.165, 1.54) is 43.5 Å². The van der Waals surface area contributed by atoms with Gasteiger partial charge in [0, 0.05) is 29.4 Å². The number of carbonyl (C=O) groups excluding carboxylic acids is 2. The normalized spacial score (nSPS) is 17.0. The summed E-state index contributed by atoms with van der Waals surface area (Å²) in [7, 11) is 1.31. The molecule has 3 aromatic rings.